The molecule has 2 aliphatic rings. The van der Waals surface area contributed by atoms with E-state index >= 15 is 0 Å². The molecule has 0 aliphatic carbocycles. The van der Waals surface area contributed by atoms with Gasteiger partial charge >= 0.3 is 0 Å². The van der Waals surface area contributed by atoms with Crippen LogP contribution in [0.25, 0.3) is 0 Å². The molecule has 0 saturated carbocycles. The number of hydrazone groups is 1. The quantitative estimate of drug-likeness (QED) is 0.391. The van der Waals surface area contributed by atoms with E-state index in [1.165, 1.54) is 38.5 Å². The minimum absolute atomic E-state index is 0.476. The zero-order valence-electron chi connectivity index (χ0n) is 19.4. The van der Waals surface area contributed by atoms with Crippen LogP contribution in [0, 0.1) is 0 Å². The van der Waals surface area contributed by atoms with Gasteiger partial charge in [0, 0.05) is 26.2 Å². The summed E-state index contributed by atoms with van der Waals surface area (Å²) in [7, 11) is 0. The van der Waals surface area contributed by atoms with Crippen molar-refractivity contribution < 1.29 is 4.74 Å². The van der Waals surface area contributed by atoms with Gasteiger partial charge in [0.2, 0.25) is 17.8 Å². The Morgan fingerprint density at radius 2 is 1.32 bits per heavy atom. The molecule has 34 heavy (non-hydrogen) atoms. The molecule has 5 rings (SSSR count). The van der Waals surface area contributed by atoms with Gasteiger partial charge in [0.05, 0.1) is 6.21 Å². The van der Waals surface area contributed by atoms with Crippen LogP contribution in [-0.4, -0.2) is 47.3 Å². The lowest BCUT2D eigenvalue weighted by Gasteiger charge is -2.30. The van der Waals surface area contributed by atoms with E-state index in [4.69, 9.17) is 9.72 Å². The summed E-state index contributed by atoms with van der Waals surface area (Å²) in [6, 6.07) is 17.6. The number of hydrogen-bond acceptors (Lipinski definition) is 8. The number of benzene rings is 2. The minimum Gasteiger partial charge on any atom is -0.457 e. The second-order valence-corrected chi connectivity index (χ2v) is 8.71. The first-order chi connectivity index (χ1) is 16.8. The number of nitrogens with zero attached hydrogens (tertiary/aromatic N) is 6. The summed E-state index contributed by atoms with van der Waals surface area (Å²) < 4.78 is 5.92. The highest BCUT2D eigenvalue weighted by molar-refractivity contribution is 5.80. The number of piperidine rings is 2. The Morgan fingerprint density at radius 3 is 1.97 bits per heavy atom. The molecule has 176 valence electrons. The number of rotatable bonds is 7. The zero-order chi connectivity index (χ0) is 23.0. The van der Waals surface area contributed by atoms with Gasteiger partial charge in [0.1, 0.15) is 11.5 Å². The molecule has 2 fully saturated rings. The molecule has 1 aromatic heterocycles. The van der Waals surface area contributed by atoms with Crippen molar-refractivity contribution in [3.8, 4) is 11.5 Å². The SMILES string of the molecule is C(=NNc1nc(N2CCCCC2)nc(N2CCCCC2)n1)c1cccc(Oc2ccccc2)c1. The fourth-order valence-corrected chi connectivity index (χ4v) is 4.32. The Bertz CT molecular complexity index is 1060. The van der Waals surface area contributed by atoms with Gasteiger partial charge < -0.3 is 14.5 Å². The lowest BCUT2D eigenvalue weighted by molar-refractivity contribution is 0.482. The first kappa shape index (κ1) is 22.1. The van der Waals surface area contributed by atoms with Crippen molar-refractivity contribution in [2.24, 2.45) is 5.10 Å². The molecule has 0 bridgehead atoms. The van der Waals surface area contributed by atoms with Crippen LogP contribution in [0.4, 0.5) is 17.8 Å². The van der Waals surface area contributed by atoms with E-state index < -0.39 is 0 Å². The predicted molar refractivity (Wildman–Crippen MR) is 136 cm³/mol. The summed E-state index contributed by atoms with van der Waals surface area (Å²) in [5, 5.41) is 4.41. The van der Waals surface area contributed by atoms with Crippen molar-refractivity contribution >= 4 is 24.1 Å². The summed E-state index contributed by atoms with van der Waals surface area (Å²) in [5.74, 6) is 3.52. The molecule has 0 radical (unpaired) electrons. The molecular weight excluding hydrogens is 426 g/mol. The van der Waals surface area contributed by atoms with E-state index in [0.29, 0.717) is 5.95 Å². The van der Waals surface area contributed by atoms with Gasteiger partial charge in [-0.3, -0.25) is 0 Å². The summed E-state index contributed by atoms with van der Waals surface area (Å²) in [5.41, 5.74) is 3.95. The molecule has 8 nitrogen and oxygen atoms in total. The lowest BCUT2D eigenvalue weighted by atomic mass is 10.1. The summed E-state index contributed by atoms with van der Waals surface area (Å²) in [4.78, 5) is 18.7. The second-order valence-electron chi connectivity index (χ2n) is 8.71. The van der Waals surface area contributed by atoms with Gasteiger partial charge in [-0.1, -0.05) is 30.3 Å². The molecule has 0 unspecified atom stereocenters. The van der Waals surface area contributed by atoms with Gasteiger partial charge in [-0.2, -0.15) is 20.1 Å². The molecule has 2 aromatic carbocycles. The van der Waals surface area contributed by atoms with Gasteiger partial charge in [0.25, 0.3) is 0 Å². The molecular formula is C26H31N7O. The Balaban J connectivity index is 1.31. The average Bonchev–Trinajstić information content (AvgIpc) is 2.90. The molecule has 8 heteroatoms. The van der Waals surface area contributed by atoms with Crippen molar-refractivity contribution in [1.82, 2.24) is 15.0 Å². The first-order valence-corrected chi connectivity index (χ1v) is 12.2. The van der Waals surface area contributed by atoms with Crippen molar-refractivity contribution in [3.63, 3.8) is 0 Å². The lowest BCUT2D eigenvalue weighted by Crippen LogP contribution is -2.34. The number of anilines is 3. The molecule has 1 N–H and O–H groups in total. The van der Waals surface area contributed by atoms with Gasteiger partial charge in [-0.15, -0.1) is 0 Å². The van der Waals surface area contributed by atoms with Crippen LogP contribution in [0.1, 0.15) is 44.1 Å². The monoisotopic (exact) mass is 457 g/mol. The van der Waals surface area contributed by atoms with Gasteiger partial charge in [-0.05, 0) is 68.4 Å². The van der Waals surface area contributed by atoms with Crippen molar-refractivity contribution in [1.29, 1.82) is 0 Å². The Hall–Kier alpha value is -3.68. The average molecular weight is 458 g/mol. The van der Waals surface area contributed by atoms with Crippen LogP contribution in [0.2, 0.25) is 0 Å². The molecule has 3 aromatic rings. The first-order valence-electron chi connectivity index (χ1n) is 12.2. The number of aromatic nitrogens is 3. The van der Waals surface area contributed by atoms with Crippen LogP contribution in [0.15, 0.2) is 59.7 Å². The van der Waals surface area contributed by atoms with Crippen LogP contribution in [0.5, 0.6) is 11.5 Å². The predicted octanol–water partition coefficient (Wildman–Crippen LogP) is 5.09. The zero-order valence-corrected chi connectivity index (χ0v) is 19.4. The van der Waals surface area contributed by atoms with Crippen molar-refractivity contribution in [2.45, 2.75) is 38.5 Å². The molecule has 0 spiro atoms. The third kappa shape index (κ3) is 5.81. The highest BCUT2D eigenvalue weighted by Crippen LogP contribution is 2.23. The molecule has 2 saturated heterocycles. The van der Waals surface area contributed by atoms with Crippen LogP contribution >= 0.6 is 0 Å². The van der Waals surface area contributed by atoms with E-state index in [9.17, 15) is 0 Å². The Morgan fingerprint density at radius 1 is 0.706 bits per heavy atom. The Labute approximate surface area is 200 Å². The molecule has 0 amide bonds. The second kappa shape index (κ2) is 11.0. The van der Waals surface area contributed by atoms with E-state index in [1.54, 1.807) is 6.21 Å². The standard InChI is InChI=1S/C26H31N7O/c1-4-12-22(13-5-1)34-23-14-10-11-21(19-23)20-27-31-24-28-25(32-15-6-2-7-16-32)30-26(29-24)33-17-8-3-9-18-33/h1,4-5,10-14,19-20H,2-3,6-9,15-18H2,(H,28,29,30,31). The maximum absolute atomic E-state index is 5.92. The minimum atomic E-state index is 0.476. The van der Waals surface area contributed by atoms with Crippen molar-refractivity contribution in [2.75, 3.05) is 41.4 Å². The summed E-state index contributed by atoms with van der Waals surface area (Å²) in [6.07, 6.45) is 8.98. The number of nitrogens with one attached hydrogen (secondary N) is 1. The van der Waals surface area contributed by atoms with Crippen LogP contribution in [0.3, 0.4) is 0 Å². The maximum atomic E-state index is 5.92. The van der Waals surface area contributed by atoms with Gasteiger partial charge in [-0.25, -0.2) is 5.43 Å². The summed E-state index contributed by atoms with van der Waals surface area (Å²) in [6.45, 7) is 3.95. The Kier molecular flexibility index (Phi) is 7.13. The highest BCUT2D eigenvalue weighted by atomic mass is 16.5. The van der Waals surface area contributed by atoms with Crippen LogP contribution < -0.4 is 20.0 Å². The maximum Gasteiger partial charge on any atom is 0.250 e. The van der Waals surface area contributed by atoms with Crippen LogP contribution in [-0.2, 0) is 0 Å². The fraction of sp³-hybridized carbons (Fsp3) is 0.385. The topological polar surface area (TPSA) is 78.8 Å². The van der Waals surface area contributed by atoms with Gasteiger partial charge in [0.15, 0.2) is 0 Å². The molecule has 2 aliphatic heterocycles. The number of hydrogen-bond donors (Lipinski definition) is 1. The van der Waals surface area contributed by atoms with E-state index in [0.717, 1.165) is 55.1 Å². The normalized spacial score (nSPS) is 16.6. The highest BCUT2D eigenvalue weighted by Gasteiger charge is 2.20. The summed E-state index contributed by atoms with van der Waals surface area (Å²) >= 11 is 0. The fourth-order valence-electron chi connectivity index (χ4n) is 4.32. The molecule has 3 heterocycles. The number of ether oxygens (including phenoxy) is 1. The third-order valence-corrected chi connectivity index (χ3v) is 6.10. The smallest absolute Gasteiger partial charge is 0.250 e. The van der Waals surface area contributed by atoms with Crippen molar-refractivity contribution in [3.05, 3.63) is 60.2 Å². The number of para-hydroxylation sites is 1. The third-order valence-electron chi connectivity index (χ3n) is 6.10. The van der Waals surface area contributed by atoms with E-state index in [1.807, 2.05) is 54.6 Å². The van der Waals surface area contributed by atoms with E-state index in [2.05, 4.69) is 30.3 Å². The molecule has 0 atom stereocenters. The largest absolute Gasteiger partial charge is 0.457 e. The van der Waals surface area contributed by atoms with E-state index in [-0.39, 0.29) is 0 Å².